The molecule has 7 heteroatoms. The third kappa shape index (κ3) is 2.38. The van der Waals surface area contributed by atoms with Gasteiger partial charge in [-0.25, -0.2) is 23.1 Å². The van der Waals surface area contributed by atoms with Gasteiger partial charge in [-0.2, -0.15) is 0 Å². The maximum Gasteiger partial charge on any atom is 0.152 e. The first-order chi connectivity index (χ1) is 8.49. The molecule has 0 aliphatic rings. The molecular formula is C11H7ClF3N3. The minimum absolute atomic E-state index is 0.152. The van der Waals surface area contributed by atoms with Gasteiger partial charge in [-0.15, -0.1) is 0 Å². The second-order valence-electron chi connectivity index (χ2n) is 3.51. The zero-order valence-electron chi connectivity index (χ0n) is 9.14. The molecule has 1 N–H and O–H groups in total. The quantitative estimate of drug-likeness (QED) is 0.850. The van der Waals surface area contributed by atoms with E-state index in [1.807, 2.05) is 0 Å². The van der Waals surface area contributed by atoms with Crippen molar-refractivity contribution in [3.8, 4) is 0 Å². The fraction of sp³-hybridized carbons (Fsp3) is 0.0909. The fourth-order valence-electron chi connectivity index (χ4n) is 1.33. The van der Waals surface area contributed by atoms with Crippen LogP contribution in [0, 0.1) is 24.4 Å². The van der Waals surface area contributed by atoms with E-state index in [1.54, 1.807) is 6.92 Å². The van der Waals surface area contributed by atoms with Crippen molar-refractivity contribution < 1.29 is 13.2 Å². The van der Waals surface area contributed by atoms with Crippen LogP contribution in [0.15, 0.2) is 18.5 Å². The van der Waals surface area contributed by atoms with Crippen molar-refractivity contribution in [2.24, 2.45) is 0 Å². The molecule has 0 aliphatic carbocycles. The molecule has 0 saturated carbocycles. The van der Waals surface area contributed by atoms with E-state index in [9.17, 15) is 13.2 Å². The van der Waals surface area contributed by atoms with Gasteiger partial charge in [0.25, 0.3) is 0 Å². The lowest BCUT2D eigenvalue weighted by Crippen LogP contribution is -2.03. The molecule has 1 aromatic heterocycles. The van der Waals surface area contributed by atoms with Gasteiger partial charge in [0.2, 0.25) is 0 Å². The Bertz CT molecular complexity index is 581. The normalized spacial score (nSPS) is 10.5. The topological polar surface area (TPSA) is 37.8 Å². The third-order valence-corrected chi connectivity index (χ3v) is 2.65. The number of nitrogens with zero attached hydrogens (tertiary/aromatic N) is 2. The van der Waals surface area contributed by atoms with Gasteiger partial charge < -0.3 is 5.32 Å². The Kier molecular flexibility index (Phi) is 3.38. The first-order valence-electron chi connectivity index (χ1n) is 4.87. The van der Waals surface area contributed by atoms with E-state index in [4.69, 9.17) is 11.6 Å². The van der Waals surface area contributed by atoms with Crippen molar-refractivity contribution in [3.63, 3.8) is 0 Å². The van der Waals surface area contributed by atoms with E-state index in [1.165, 1.54) is 0 Å². The fourth-order valence-corrected chi connectivity index (χ4v) is 1.47. The highest BCUT2D eigenvalue weighted by Gasteiger charge is 2.14. The van der Waals surface area contributed by atoms with Gasteiger partial charge in [0, 0.05) is 17.7 Å². The second kappa shape index (κ2) is 4.81. The molecule has 0 radical (unpaired) electrons. The summed E-state index contributed by atoms with van der Waals surface area (Å²) in [5.41, 5.74) is -0.0587. The Labute approximate surface area is 106 Å². The highest BCUT2D eigenvalue weighted by molar-refractivity contribution is 6.30. The second-order valence-corrected chi connectivity index (χ2v) is 3.87. The molecule has 3 nitrogen and oxygen atoms in total. The van der Waals surface area contributed by atoms with Crippen LogP contribution in [0.4, 0.5) is 24.7 Å². The molecule has 0 atom stereocenters. The summed E-state index contributed by atoms with van der Waals surface area (Å²) in [6.45, 7) is 1.59. The smallest absolute Gasteiger partial charge is 0.152 e. The number of nitrogens with one attached hydrogen (secondary N) is 1. The van der Waals surface area contributed by atoms with Gasteiger partial charge in [0.1, 0.15) is 28.8 Å². The Morgan fingerprint density at radius 3 is 2.33 bits per heavy atom. The van der Waals surface area contributed by atoms with Crippen molar-refractivity contribution in [1.29, 1.82) is 0 Å². The molecule has 94 valence electrons. The molecule has 2 aromatic rings. The number of hydrogen-bond acceptors (Lipinski definition) is 3. The van der Waals surface area contributed by atoms with Crippen LogP contribution in [0.2, 0.25) is 5.15 Å². The SMILES string of the molecule is Cc1c(Cl)ncnc1Nc1c(F)cc(F)cc1F. The van der Waals surface area contributed by atoms with E-state index in [0.29, 0.717) is 17.7 Å². The predicted octanol–water partition coefficient (Wildman–Crippen LogP) is 3.60. The largest absolute Gasteiger partial charge is 0.335 e. The first kappa shape index (κ1) is 12.6. The summed E-state index contributed by atoms with van der Waals surface area (Å²) in [5.74, 6) is -2.95. The van der Waals surface area contributed by atoms with Gasteiger partial charge in [-0.05, 0) is 6.92 Å². The standard InChI is InChI=1S/C11H7ClF3N3/c1-5-10(12)16-4-17-11(5)18-9-7(14)2-6(13)3-8(9)15/h2-4H,1H3,(H,16,17,18). The third-order valence-electron chi connectivity index (χ3n) is 2.27. The van der Waals surface area contributed by atoms with Gasteiger partial charge in [0.05, 0.1) is 0 Å². The molecule has 0 bridgehead atoms. The molecule has 2 rings (SSSR count). The van der Waals surface area contributed by atoms with Gasteiger partial charge in [-0.1, -0.05) is 11.6 Å². The number of rotatable bonds is 2. The number of aromatic nitrogens is 2. The van der Waals surface area contributed by atoms with E-state index in [0.717, 1.165) is 6.33 Å². The average Bonchev–Trinajstić information content (AvgIpc) is 2.28. The highest BCUT2D eigenvalue weighted by Crippen LogP contribution is 2.26. The van der Waals surface area contributed by atoms with Crippen molar-refractivity contribution in [2.75, 3.05) is 5.32 Å². The van der Waals surface area contributed by atoms with Crippen LogP contribution in [0.5, 0.6) is 0 Å². The zero-order chi connectivity index (χ0) is 13.3. The molecule has 0 amide bonds. The molecule has 0 saturated heterocycles. The number of halogens is 4. The molecule has 1 heterocycles. The van der Waals surface area contributed by atoms with E-state index in [-0.39, 0.29) is 11.0 Å². The van der Waals surface area contributed by atoms with Gasteiger partial charge in [0.15, 0.2) is 11.6 Å². The summed E-state index contributed by atoms with van der Waals surface area (Å²) in [7, 11) is 0. The monoisotopic (exact) mass is 273 g/mol. The van der Waals surface area contributed by atoms with Gasteiger partial charge in [-0.3, -0.25) is 0 Å². The Balaban J connectivity index is 2.43. The summed E-state index contributed by atoms with van der Waals surface area (Å²) in [4.78, 5) is 7.51. The van der Waals surface area contributed by atoms with Crippen LogP contribution in [0.1, 0.15) is 5.56 Å². The number of hydrogen-bond donors (Lipinski definition) is 1. The van der Waals surface area contributed by atoms with Crippen LogP contribution >= 0.6 is 11.6 Å². The average molecular weight is 274 g/mol. The van der Waals surface area contributed by atoms with Crippen LogP contribution in [0.25, 0.3) is 0 Å². The molecule has 18 heavy (non-hydrogen) atoms. The summed E-state index contributed by atoms with van der Waals surface area (Å²) in [6, 6.07) is 1.15. The summed E-state index contributed by atoms with van der Waals surface area (Å²) < 4.78 is 39.6. The van der Waals surface area contributed by atoms with Crippen LogP contribution in [0.3, 0.4) is 0 Å². The van der Waals surface area contributed by atoms with Crippen LogP contribution in [-0.4, -0.2) is 9.97 Å². The molecule has 1 aromatic carbocycles. The lowest BCUT2D eigenvalue weighted by Gasteiger charge is -2.10. The maximum atomic E-state index is 13.4. The van der Waals surface area contributed by atoms with Crippen molar-refractivity contribution in [3.05, 3.63) is 46.6 Å². The summed E-state index contributed by atoms with van der Waals surface area (Å²) >= 11 is 5.75. The summed E-state index contributed by atoms with van der Waals surface area (Å²) in [5, 5.41) is 2.59. The van der Waals surface area contributed by atoms with Gasteiger partial charge >= 0.3 is 0 Å². The minimum atomic E-state index is -1.05. The van der Waals surface area contributed by atoms with Crippen molar-refractivity contribution in [1.82, 2.24) is 9.97 Å². The Hall–Kier alpha value is -1.82. The molecule has 0 fully saturated rings. The minimum Gasteiger partial charge on any atom is -0.335 e. The first-order valence-corrected chi connectivity index (χ1v) is 5.25. The van der Waals surface area contributed by atoms with Crippen LogP contribution < -0.4 is 5.32 Å². The van der Waals surface area contributed by atoms with Crippen molar-refractivity contribution >= 4 is 23.1 Å². The molecule has 0 aliphatic heterocycles. The van der Waals surface area contributed by atoms with Crippen LogP contribution in [-0.2, 0) is 0 Å². The lowest BCUT2D eigenvalue weighted by molar-refractivity contribution is 0.548. The zero-order valence-corrected chi connectivity index (χ0v) is 9.89. The van der Waals surface area contributed by atoms with E-state index < -0.39 is 23.1 Å². The molecule has 0 spiro atoms. The Morgan fingerprint density at radius 2 is 1.72 bits per heavy atom. The lowest BCUT2D eigenvalue weighted by atomic mass is 10.2. The van der Waals surface area contributed by atoms with Crippen molar-refractivity contribution in [2.45, 2.75) is 6.92 Å². The van der Waals surface area contributed by atoms with E-state index >= 15 is 0 Å². The molecular weight excluding hydrogens is 267 g/mol. The maximum absolute atomic E-state index is 13.4. The molecule has 0 unspecified atom stereocenters. The highest BCUT2D eigenvalue weighted by atomic mass is 35.5. The predicted molar refractivity (Wildman–Crippen MR) is 61.4 cm³/mol. The Morgan fingerprint density at radius 1 is 1.11 bits per heavy atom. The number of anilines is 2. The van der Waals surface area contributed by atoms with E-state index in [2.05, 4.69) is 15.3 Å². The summed E-state index contributed by atoms with van der Waals surface area (Å²) in [6.07, 6.45) is 1.15. The number of benzene rings is 1.